The molecule has 22 heavy (non-hydrogen) atoms. The van der Waals surface area contributed by atoms with Crippen molar-refractivity contribution >= 4 is 17.7 Å². The number of amides is 1. The highest BCUT2D eigenvalue weighted by atomic mass is 32.2. The van der Waals surface area contributed by atoms with Gasteiger partial charge in [-0.3, -0.25) is 4.79 Å². The molecule has 114 valence electrons. The SMILES string of the molecule is O=C1CS[C@H](c2cccc(F)c2)N1C[C@@H](O)c1ccccc1. The van der Waals surface area contributed by atoms with Crippen LogP contribution in [-0.2, 0) is 4.79 Å². The van der Waals surface area contributed by atoms with Gasteiger partial charge in [-0.2, -0.15) is 0 Å². The molecule has 1 heterocycles. The highest BCUT2D eigenvalue weighted by Gasteiger charge is 2.34. The topological polar surface area (TPSA) is 40.5 Å². The second kappa shape index (κ2) is 6.50. The molecule has 2 aromatic carbocycles. The second-order valence-corrected chi connectivity index (χ2v) is 6.26. The van der Waals surface area contributed by atoms with E-state index >= 15 is 0 Å². The Morgan fingerprint density at radius 3 is 2.73 bits per heavy atom. The van der Waals surface area contributed by atoms with Gasteiger partial charge in [0.25, 0.3) is 0 Å². The first-order chi connectivity index (χ1) is 10.6. The summed E-state index contributed by atoms with van der Waals surface area (Å²) >= 11 is 1.46. The summed E-state index contributed by atoms with van der Waals surface area (Å²) in [7, 11) is 0. The monoisotopic (exact) mass is 317 g/mol. The number of hydrogen-bond donors (Lipinski definition) is 1. The Morgan fingerprint density at radius 2 is 2.00 bits per heavy atom. The molecule has 0 unspecified atom stereocenters. The summed E-state index contributed by atoms with van der Waals surface area (Å²) < 4.78 is 13.4. The van der Waals surface area contributed by atoms with E-state index in [1.807, 2.05) is 30.3 Å². The van der Waals surface area contributed by atoms with Crippen molar-refractivity contribution in [1.82, 2.24) is 4.90 Å². The van der Waals surface area contributed by atoms with Crippen molar-refractivity contribution in [3.8, 4) is 0 Å². The molecule has 1 aliphatic heterocycles. The Balaban J connectivity index is 1.80. The molecule has 1 fully saturated rings. The highest BCUT2D eigenvalue weighted by Crippen LogP contribution is 2.39. The lowest BCUT2D eigenvalue weighted by molar-refractivity contribution is -0.129. The largest absolute Gasteiger partial charge is 0.387 e. The smallest absolute Gasteiger partial charge is 0.233 e. The number of carbonyl (C=O) groups is 1. The van der Waals surface area contributed by atoms with Crippen molar-refractivity contribution in [2.45, 2.75) is 11.5 Å². The van der Waals surface area contributed by atoms with Crippen LogP contribution < -0.4 is 0 Å². The van der Waals surface area contributed by atoms with Crippen LogP contribution in [-0.4, -0.2) is 28.2 Å². The van der Waals surface area contributed by atoms with Gasteiger partial charge in [-0.05, 0) is 23.3 Å². The van der Waals surface area contributed by atoms with Crippen molar-refractivity contribution in [2.75, 3.05) is 12.3 Å². The molecule has 3 nitrogen and oxygen atoms in total. The first-order valence-electron chi connectivity index (χ1n) is 7.04. The Kier molecular flexibility index (Phi) is 4.45. The second-order valence-electron chi connectivity index (χ2n) is 5.19. The van der Waals surface area contributed by atoms with Gasteiger partial charge < -0.3 is 10.0 Å². The first kappa shape index (κ1) is 15.1. The van der Waals surface area contributed by atoms with Crippen LogP contribution in [0.2, 0.25) is 0 Å². The maximum Gasteiger partial charge on any atom is 0.233 e. The van der Waals surface area contributed by atoms with Gasteiger partial charge in [-0.25, -0.2) is 4.39 Å². The minimum Gasteiger partial charge on any atom is -0.387 e. The van der Waals surface area contributed by atoms with E-state index in [2.05, 4.69) is 0 Å². The number of carbonyl (C=O) groups excluding carboxylic acids is 1. The summed E-state index contributed by atoms with van der Waals surface area (Å²) in [6, 6.07) is 15.5. The van der Waals surface area contributed by atoms with Gasteiger partial charge in [0, 0.05) is 0 Å². The minimum atomic E-state index is -0.750. The van der Waals surface area contributed by atoms with Crippen molar-refractivity contribution in [1.29, 1.82) is 0 Å². The maximum absolute atomic E-state index is 13.4. The van der Waals surface area contributed by atoms with Gasteiger partial charge in [-0.1, -0.05) is 42.5 Å². The van der Waals surface area contributed by atoms with Crippen molar-refractivity contribution in [2.24, 2.45) is 0 Å². The summed E-state index contributed by atoms with van der Waals surface area (Å²) in [6.07, 6.45) is -0.750. The molecule has 0 bridgehead atoms. The van der Waals surface area contributed by atoms with Gasteiger partial charge >= 0.3 is 0 Å². The van der Waals surface area contributed by atoms with Crippen LogP contribution in [0, 0.1) is 5.82 Å². The number of aliphatic hydroxyl groups is 1. The normalized spacial score (nSPS) is 19.5. The molecule has 5 heteroatoms. The summed E-state index contributed by atoms with van der Waals surface area (Å²) in [5.41, 5.74) is 1.52. The zero-order valence-electron chi connectivity index (χ0n) is 11.9. The summed E-state index contributed by atoms with van der Waals surface area (Å²) in [4.78, 5) is 13.7. The molecule has 1 N–H and O–H groups in total. The summed E-state index contributed by atoms with van der Waals surface area (Å²) in [6.45, 7) is 0.205. The van der Waals surface area contributed by atoms with Gasteiger partial charge in [0.15, 0.2) is 0 Å². The Labute approximate surface area is 132 Å². The van der Waals surface area contributed by atoms with E-state index in [1.54, 1.807) is 17.0 Å². The van der Waals surface area contributed by atoms with Gasteiger partial charge in [0.05, 0.1) is 18.4 Å². The lowest BCUT2D eigenvalue weighted by Gasteiger charge is -2.26. The number of hydrogen-bond acceptors (Lipinski definition) is 3. The molecule has 1 amide bonds. The number of β-amino-alcohol motifs (C(OH)–C–C–N with tert-alkyl or cyclic N) is 1. The van der Waals surface area contributed by atoms with Crippen molar-refractivity contribution in [3.63, 3.8) is 0 Å². The molecule has 1 saturated heterocycles. The quantitative estimate of drug-likeness (QED) is 0.942. The lowest BCUT2D eigenvalue weighted by atomic mass is 10.1. The molecule has 0 saturated carbocycles. The molecular formula is C17H16FNO2S. The highest BCUT2D eigenvalue weighted by molar-refractivity contribution is 8.00. The Hall–Kier alpha value is -1.85. The summed E-state index contributed by atoms with van der Waals surface area (Å²) in [5.74, 6) is -0.00173. The van der Waals surface area contributed by atoms with E-state index in [0.717, 1.165) is 11.1 Å². The van der Waals surface area contributed by atoms with E-state index in [4.69, 9.17) is 0 Å². The Morgan fingerprint density at radius 1 is 1.23 bits per heavy atom. The van der Waals surface area contributed by atoms with Crippen LogP contribution in [0.15, 0.2) is 54.6 Å². The summed E-state index contributed by atoms with van der Waals surface area (Å²) in [5, 5.41) is 10.1. The van der Waals surface area contributed by atoms with Gasteiger partial charge in [-0.15, -0.1) is 11.8 Å². The van der Waals surface area contributed by atoms with Crippen LogP contribution in [0.1, 0.15) is 22.6 Å². The molecule has 0 spiro atoms. The number of rotatable bonds is 4. The van der Waals surface area contributed by atoms with Crippen molar-refractivity contribution in [3.05, 3.63) is 71.5 Å². The molecule has 2 aromatic rings. The Bertz CT molecular complexity index is 665. The molecule has 0 aliphatic carbocycles. The minimum absolute atomic E-state index is 0.0331. The van der Waals surface area contributed by atoms with Crippen LogP contribution in [0.3, 0.4) is 0 Å². The number of aliphatic hydroxyl groups excluding tert-OH is 1. The fourth-order valence-corrected chi connectivity index (χ4v) is 3.74. The molecule has 0 radical (unpaired) electrons. The van der Waals surface area contributed by atoms with E-state index in [-0.39, 0.29) is 23.6 Å². The third-order valence-electron chi connectivity index (χ3n) is 3.66. The lowest BCUT2D eigenvalue weighted by Crippen LogP contribution is -2.32. The third kappa shape index (κ3) is 3.15. The first-order valence-corrected chi connectivity index (χ1v) is 8.09. The number of halogens is 1. The van der Waals surface area contributed by atoms with Gasteiger partial charge in [0.1, 0.15) is 11.2 Å². The molecular weight excluding hydrogens is 301 g/mol. The van der Waals surface area contributed by atoms with E-state index in [9.17, 15) is 14.3 Å². The van der Waals surface area contributed by atoms with Crippen LogP contribution in [0.5, 0.6) is 0 Å². The van der Waals surface area contributed by atoms with Crippen LogP contribution in [0.4, 0.5) is 4.39 Å². The third-order valence-corrected chi connectivity index (χ3v) is 4.91. The number of thioether (sulfide) groups is 1. The maximum atomic E-state index is 13.4. The van der Waals surface area contributed by atoms with Crippen molar-refractivity contribution < 1.29 is 14.3 Å². The van der Waals surface area contributed by atoms with Gasteiger partial charge in [0.2, 0.25) is 5.91 Å². The average Bonchev–Trinajstić information content (AvgIpc) is 2.89. The number of benzene rings is 2. The molecule has 2 atom stereocenters. The van der Waals surface area contributed by atoms with E-state index < -0.39 is 6.10 Å². The fourth-order valence-electron chi connectivity index (χ4n) is 2.55. The zero-order valence-corrected chi connectivity index (χ0v) is 12.7. The predicted molar refractivity (Wildman–Crippen MR) is 84.7 cm³/mol. The predicted octanol–water partition coefficient (Wildman–Crippen LogP) is 3.13. The van der Waals surface area contributed by atoms with E-state index in [1.165, 1.54) is 23.9 Å². The molecule has 0 aromatic heterocycles. The fraction of sp³-hybridized carbons (Fsp3) is 0.235. The van der Waals surface area contributed by atoms with Crippen LogP contribution in [0.25, 0.3) is 0 Å². The zero-order chi connectivity index (χ0) is 15.5. The molecule has 3 rings (SSSR count). The standard InChI is InChI=1S/C17H16FNO2S/c18-14-8-4-7-13(9-14)17-19(16(21)11-22-17)10-15(20)12-5-2-1-3-6-12/h1-9,15,17,20H,10-11H2/t15-,17-/m1/s1. The van der Waals surface area contributed by atoms with E-state index in [0.29, 0.717) is 5.75 Å². The van der Waals surface area contributed by atoms with Crippen LogP contribution >= 0.6 is 11.8 Å². The number of nitrogens with zero attached hydrogens (tertiary/aromatic N) is 1. The molecule has 1 aliphatic rings. The average molecular weight is 317 g/mol.